The fourth-order valence-electron chi connectivity index (χ4n) is 1.87. The molecular weight excluding hydrogens is 180 g/mol. The predicted octanol–water partition coefficient (Wildman–Crippen LogP) is -0.643. The van der Waals surface area contributed by atoms with Crippen LogP contribution in [0.25, 0.3) is 0 Å². The normalized spacial score (nSPS) is 22.9. The fourth-order valence-corrected chi connectivity index (χ4v) is 1.87. The Morgan fingerprint density at radius 1 is 1.64 bits per heavy atom. The highest BCUT2D eigenvalue weighted by molar-refractivity contribution is 5.94. The number of nitrogens with zero attached hydrogens (tertiary/aromatic N) is 1. The quantitative estimate of drug-likeness (QED) is 0.617. The van der Waals surface area contributed by atoms with Gasteiger partial charge in [-0.15, -0.1) is 0 Å². The Balaban J connectivity index is 1.87. The topological polar surface area (TPSA) is 52.6 Å². The monoisotopic (exact) mass is 196 g/mol. The van der Waals surface area contributed by atoms with Gasteiger partial charge in [0.15, 0.2) is 0 Å². The van der Waals surface area contributed by atoms with E-state index in [1.807, 2.05) is 11.0 Å². The molecule has 2 aliphatic heterocycles. The Kier molecular flexibility index (Phi) is 2.84. The summed E-state index contributed by atoms with van der Waals surface area (Å²) in [6.07, 6.45) is 2.80. The van der Waals surface area contributed by atoms with E-state index in [0.717, 1.165) is 38.2 Å². The van der Waals surface area contributed by atoms with Crippen LogP contribution >= 0.6 is 0 Å². The van der Waals surface area contributed by atoms with Crippen LogP contribution in [0.15, 0.2) is 11.6 Å². The minimum Gasteiger partial charge on any atom is -0.396 e. The minimum absolute atomic E-state index is 0.163. The molecule has 1 amide bonds. The van der Waals surface area contributed by atoms with Crippen molar-refractivity contribution in [1.29, 1.82) is 0 Å². The van der Waals surface area contributed by atoms with Gasteiger partial charge in [-0.1, -0.05) is 6.08 Å². The molecule has 0 aliphatic carbocycles. The summed E-state index contributed by atoms with van der Waals surface area (Å²) in [5.41, 5.74) is 0.931. The van der Waals surface area contributed by atoms with Crippen LogP contribution in [0, 0.1) is 5.92 Å². The smallest absolute Gasteiger partial charge is 0.249 e. The van der Waals surface area contributed by atoms with E-state index in [2.05, 4.69) is 5.32 Å². The van der Waals surface area contributed by atoms with Gasteiger partial charge in [-0.25, -0.2) is 0 Å². The maximum Gasteiger partial charge on any atom is 0.249 e. The number of carbonyl (C=O) groups is 1. The van der Waals surface area contributed by atoms with Crippen LogP contribution in [0.1, 0.15) is 6.42 Å². The van der Waals surface area contributed by atoms with Crippen LogP contribution in [0.4, 0.5) is 0 Å². The number of hydrogen-bond acceptors (Lipinski definition) is 3. The number of rotatable bonds is 2. The number of hydrogen-bond donors (Lipinski definition) is 2. The number of aliphatic hydroxyl groups excluding tert-OH is 1. The van der Waals surface area contributed by atoms with Crippen molar-refractivity contribution < 1.29 is 9.90 Å². The van der Waals surface area contributed by atoms with E-state index in [-0.39, 0.29) is 12.5 Å². The average Bonchev–Trinajstić information content (AvgIpc) is 2.17. The van der Waals surface area contributed by atoms with Gasteiger partial charge in [0.25, 0.3) is 0 Å². The SMILES string of the molecule is O=C(C1=CCNCC1)N1CC(CO)C1. The lowest BCUT2D eigenvalue weighted by Gasteiger charge is -2.39. The largest absolute Gasteiger partial charge is 0.396 e. The van der Waals surface area contributed by atoms with Crippen LogP contribution in [-0.4, -0.2) is 48.7 Å². The van der Waals surface area contributed by atoms with E-state index in [1.54, 1.807) is 0 Å². The maximum atomic E-state index is 11.8. The first-order chi connectivity index (χ1) is 6.81. The lowest BCUT2D eigenvalue weighted by Crippen LogP contribution is -2.52. The summed E-state index contributed by atoms with van der Waals surface area (Å²) in [7, 11) is 0. The zero-order valence-corrected chi connectivity index (χ0v) is 8.20. The number of likely N-dealkylation sites (tertiary alicyclic amines) is 1. The van der Waals surface area contributed by atoms with Crippen molar-refractivity contribution in [2.45, 2.75) is 6.42 Å². The van der Waals surface area contributed by atoms with E-state index in [9.17, 15) is 4.79 Å². The van der Waals surface area contributed by atoms with Gasteiger partial charge in [0.1, 0.15) is 0 Å². The van der Waals surface area contributed by atoms with E-state index >= 15 is 0 Å². The Labute approximate surface area is 83.6 Å². The number of nitrogens with one attached hydrogen (secondary N) is 1. The predicted molar refractivity (Wildman–Crippen MR) is 52.7 cm³/mol. The third-order valence-electron chi connectivity index (χ3n) is 2.84. The zero-order valence-electron chi connectivity index (χ0n) is 8.20. The Morgan fingerprint density at radius 2 is 2.43 bits per heavy atom. The van der Waals surface area contributed by atoms with Crippen LogP contribution in [0.2, 0.25) is 0 Å². The Morgan fingerprint density at radius 3 is 3.00 bits per heavy atom. The molecule has 0 bridgehead atoms. The van der Waals surface area contributed by atoms with Crippen molar-refractivity contribution in [2.24, 2.45) is 5.92 Å². The van der Waals surface area contributed by atoms with Gasteiger partial charge in [-0.2, -0.15) is 0 Å². The molecule has 0 aromatic carbocycles. The van der Waals surface area contributed by atoms with E-state index in [1.165, 1.54) is 0 Å². The van der Waals surface area contributed by atoms with Crippen LogP contribution in [0.5, 0.6) is 0 Å². The molecule has 0 spiro atoms. The van der Waals surface area contributed by atoms with Crippen molar-refractivity contribution in [3.63, 3.8) is 0 Å². The molecule has 2 aliphatic rings. The summed E-state index contributed by atoms with van der Waals surface area (Å²) in [5.74, 6) is 0.470. The highest BCUT2D eigenvalue weighted by Crippen LogP contribution is 2.19. The van der Waals surface area contributed by atoms with Gasteiger partial charge >= 0.3 is 0 Å². The summed E-state index contributed by atoms with van der Waals surface area (Å²) in [5, 5.41) is 12.0. The van der Waals surface area contributed by atoms with Gasteiger partial charge in [0, 0.05) is 37.7 Å². The van der Waals surface area contributed by atoms with Crippen LogP contribution < -0.4 is 5.32 Å². The third-order valence-corrected chi connectivity index (χ3v) is 2.84. The van der Waals surface area contributed by atoms with Crippen molar-refractivity contribution in [3.8, 4) is 0 Å². The first-order valence-electron chi connectivity index (χ1n) is 5.11. The number of amides is 1. The molecule has 4 nitrogen and oxygen atoms in total. The summed E-state index contributed by atoms with van der Waals surface area (Å²) in [4.78, 5) is 13.6. The van der Waals surface area contributed by atoms with Gasteiger partial charge in [-0.3, -0.25) is 4.79 Å². The number of carbonyl (C=O) groups excluding carboxylic acids is 1. The summed E-state index contributed by atoms with van der Waals surface area (Å²) < 4.78 is 0. The molecule has 4 heteroatoms. The third kappa shape index (κ3) is 1.81. The lowest BCUT2D eigenvalue weighted by molar-refractivity contribution is -0.134. The van der Waals surface area contributed by atoms with Crippen LogP contribution in [-0.2, 0) is 4.79 Å². The van der Waals surface area contributed by atoms with Crippen molar-refractivity contribution >= 4 is 5.91 Å². The fraction of sp³-hybridized carbons (Fsp3) is 0.700. The summed E-state index contributed by atoms with van der Waals surface area (Å²) >= 11 is 0. The molecule has 0 aromatic rings. The zero-order chi connectivity index (χ0) is 9.97. The highest BCUT2D eigenvalue weighted by atomic mass is 16.3. The van der Waals surface area contributed by atoms with E-state index in [0.29, 0.717) is 5.92 Å². The van der Waals surface area contributed by atoms with Gasteiger partial charge in [0.05, 0.1) is 0 Å². The molecule has 78 valence electrons. The minimum atomic E-state index is 0.163. The highest BCUT2D eigenvalue weighted by Gasteiger charge is 2.31. The molecule has 0 saturated carbocycles. The molecule has 2 rings (SSSR count). The Hall–Kier alpha value is -0.870. The molecule has 0 aromatic heterocycles. The first-order valence-corrected chi connectivity index (χ1v) is 5.11. The molecule has 0 atom stereocenters. The average molecular weight is 196 g/mol. The molecule has 1 fully saturated rings. The summed E-state index contributed by atoms with van der Waals surface area (Å²) in [6.45, 7) is 3.35. The Bertz CT molecular complexity index is 257. The van der Waals surface area contributed by atoms with E-state index < -0.39 is 0 Å². The second-order valence-electron chi connectivity index (χ2n) is 3.94. The molecule has 0 radical (unpaired) electrons. The standard InChI is InChI=1S/C10H16N2O2/c13-7-8-5-12(6-8)10(14)9-1-3-11-4-2-9/h1,8,11,13H,2-7H2. The van der Waals surface area contributed by atoms with Crippen LogP contribution in [0.3, 0.4) is 0 Å². The maximum absolute atomic E-state index is 11.8. The van der Waals surface area contributed by atoms with Crippen molar-refractivity contribution in [2.75, 3.05) is 32.8 Å². The molecular formula is C10H16N2O2. The van der Waals surface area contributed by atoms with Gasteiger partial charge in [-0.05, 0) is 13.0 Å². The lowest BCUT2D eigenvalue weighted by atomic mass is 9.98. The van der Waals surface area contributed by atoms with Crippen molar-refractivity contribution in [1.82, 2.24) is 10.2 Å². The number of aliphatic hydroxyl groups is 1. The van der Waals surface area contributed by atoms with Gasteiger partial charge < -0.3 is 15.3 Å². The van der Waals surface area contributed by atoms with Gasteiger partial charge in [0.2, 0.25) is 5.91 Å². The second-order valence-corrected chi connectivity index (χ2v) is 3.94. The molecule has 2 heterocycles. The molecule has 0 unspecified atom stereocenters. The van der Waals surface area contributed by atoms with E-state index in [4.69, 9.17) is 5.11 Å². The first kappa shape index (κ1) is 9.68. The summed E-state index contributed by atoms with van der Waals surface area (Å²) in [6, 6.07) is 0. The second kappa shape index (κ2) is 4.11. The molecule has 2 N–H and O–H groups in total. The molecule has 14 heavy (non-hydrogen) atoms. The van der Waals surface area contributed by atoms with Crippen molar-refractivity contribution in [3.05, 3.63) is 11.6 Å². The molecule has 1 saturated heterocycles.